The van der Waals surface area contributed by atoms with E-state index in [1.165, 1.54) is 30.3 Å². The van der Waals surface area contributed by atoms with Crippen LogP contribution < -0.4 is 14.2 Å². The van der Waals surface area contributed by atoms with Gasteiger partial charge in [0.05, 0.1) is 50.8 Å². The van der Waals surface area contributed by atoms with Gasteiger partial charge < -0.3 is 42.6 Å². The quantitative estimate of drug-likeness (QED) is 0.0254. The molecule has 6 rings (SSSR count). The van der Waals surface area contributed by atoms with Gasteiger partial charge in [-0.1, -0.05) is 49.6 Å². The summed E-state index contributed by atoms with van der Waals surface area (Å²) in [4.78, 5) is 60.7. The van der Waals surface area contributed by atoms with Crippen molar-refractivity contribution in [1.29, 1.82) is 0 Å². The van der Waals surface area contributed by atoms with Crippen molar-refractivity contribution in [3.05, 3.63) is 145 Å². The summed E-state index contributed by atoms with van der Waals surface area (Å²) < 4.78 is 49.9. The molecule has 4 aromatic rings. The lowest BCUT2D eigenvalue weighted by Gasteiger charge is -2.17. The Morgan fingerprint density at radius 1 is 0.524 bits per heavy atom. The molecule has 0 bridgehead atoms. The number of unbranched alkanes of at least 4 members (excludes halogenated alkanes) is 2. The Balaban J connectivity index is 0.884. The second kappa shape index (κ2) is 23.3. The number of rotatable bonds is 22. The highest BCUT2D eigenvalue weighted by atomic mass is 16.7. The van der Waals surface area contributed by atoms with Crippen LogP contribution in [0.1, 0.15) is 52.0 Å². The molecule has 2 aliphatic heterocycles. The van der Waals surface area contributed by atoms with Crippen molar-refractivity contribution in [1.82, 2.24) is 0 Å². The van der Waals surface area contributed by atoms with E-state index in [2.05, 4.69) is 13.2 Å². The first-order valence-electron chi connectivity index (χ1n) is 20.5. The molecule has 0 aliphatic carbocycles. The Hall–Kier alpha value is -7.03. The highest BCUT2D eigenvalue weighted by molar-refractivity contribution is 5.92. The van der Waals surface area contributed by atoms with Crippen LogP contribution in [-0.2, 0) is 42.8 Å². The molecule has 2 heterocycles. The molecule has 14 heteroatoms. The van der Waals surface area contributed by atoms with E-state index in [0.29, 0.717) is 50.4 Å². The van der Waals surface area contributed by atoms with Crippen LogP contribution in [0.4, 0.5) is 0 Å². The van der Waals surface area contributed by atoms with Crippen molar-refractivity contribution in [3.63, 3.8) is 0 Å². The first-order chi connectivity index (χ1) is 30.7. The molecule has 14 nitrogen and oxygen atoms in total. The molecule has 0 spiro atoms. The highest BCUT2D eigenvalue weighted by Gasteiger charge is 2.51. The van der Waals surface area contributed by atoms with Crippen LogP contribution in [0, 0.1) is 0 Å². The molecular weight excluding hydrogens is 813 g/mol. The zero-order valence-corrected chi connectivity index (χ0v) is 34.6. The van der Waals surface area contributed by atoms with Crippen LogP contribution in [0.15, 0.2) is 128 Å². The van der Waals surface area contributed by atoms with Crippen molar-refractivity contribution < 1.29 is 66.6 Å². The van der Waals surface area contributed by atoms with Crippen LogP contribution in [0.5, 0.6) is 17.2 Å². The predicted octanol–water partition coefficient (Wildman–Crippen LogP) is 7.30. The molecule has 2 aliphatic rings. The molecule has 0 N–H and O–H groups in total. The molecular formula is C49H48O14. The van der Waals surface area contributed by atoms with Gasteiger partial charge in [-0.15, -0.1) is 0 Å². The zero-order valence-electron chi connectivity index (χ0n) is 34.6. The summed E-state index contributed by atoms with van der Waals surface area (Å²) >= 11 is 0. The second-order valence-corrected chi connectivity index (χ2v) is 14.3. The third-order valence-electron chi connectivity index (χ3n) is 9.83. The number of esters is 5. The van der Waals surface area contributed by atoms with Crippen molar-refractivity contribution in [2.24, 2.45) is 0 Å². The fourth-order valence-electron chi connectivity index (χ4n) is 6.48. The van der Waals surface area contributed by atoms with Gasteiger partial charge in [-0.3, -0.25) is 0 Å². The molecule has 2 fully saturated rings. The van der Waals surface area contributed by atoms with Crippen molar-refractivity contribution in [2.75, 3.05) is 39.6 Å². The minimum absolute atomic E-state index is 0.0659. The second-order valence-electron chi connectivity index (χ2n) is 14.3. The van der Waals surface area contributed by atoms with Crippen LogP contribution in [-0.4, -0.2) is 93.9 Å². The monoisotopic (exact) mass is 860 g/mol. The summed E-state index contributed by atoms with van der Waals surface area (Å²) in [6.45, 7) is 8.40. The molecule has 2 saturated heterocycles. The van der Waals surface area contributed by atoms with Gasteiger partial charge in [0.25, 0.3) is 0 Å². The maximum Gasteiger partial charge on any atom is 0.343 e. The van der Waals surface area contributed by atoms with E-state index < -0.39 is 54.3 Å². The summed E-state index contributed by atoms with van der Waals surface area (Å²) in [6, 6.07) is 27.9. The number of ether oxygens (including phenoxy) is 9. The number of fused-ring (bicyclic) bond motifs is 1. The van der Waals surface area contributed by atoms with Crippen LogP contribution in [0.2, 0.25) is 0 Å². The summed E-state index contributed by atoms with van der Waals surface area (Å²) in [5.74, 6) is -1.11. The predicted molar refractivity (Wildman–Crippen MR) is 229 cm³/mol. The van der Waals surface area contributed by atoms with E-state index in [4.69, 9.17) is 42.6 Å². The largest absolute Gasteiger partial charge is 0.494 e. The molecule has 0 radical (unpaired) electrons. The van der Waals surface area contributed by atoms with Crippen molar-refractivity contribution >= 4 is 35.9 Å². The summed E-state index contributed by atoms with van der Waals surface area (Å²) in [6.07, 6.45) is 5.40. The zero-order chi connectivity index (χ0) is 44.4. The lowest BCUT2D eigenvalue weighted by Crippen LogP contribution is -2.35. The Morgan fingerprint density at radius 3 is 1.49 bits per heavy atom. The summed E-state index contributed by atoms with van der Waals surface area (Å²) in [5, 5.41) is 0. The summed E-state index contributed by atoms with van der Waals surface area (Å²) in [7, 11) is 0. The number of hydrogen-bond donors (Lipinski definition) is 0. The van der Waals surface area contributed by atoms with Gasteiger partial charge in [-0.2, -0.15) is 0 Å². The normalized spacial score (nSPS) is 17.5. The number of hydrogen-bond acceptors (Lipinski definition) is 14. The molecule has 0 aromatic heterocycles. The minimum atomic E-state index is -0.720. The summed E-state index contributed by atoms with van der Waals surface area (Å²) in [5.41, 5.74) is 3.34. The van der Waals surface area contributed by atoms with E-state index in [9.17, 15) is 24.0 Å². The molecule has 63 heavy (non-hydrogen) atoms. The lowest BCUT2D eigenvalue weighted by atomic mass is 10.0. The Kier molecular flexibility index (Phi) is 16.8. The average Bonchev–Trinajstić information content (AvgIpc) is 3.91. The van der Waals surface area contributed by atoms with Crippen LogP contribution in [0.25, 0.3) is 17.2 Å². The van der Waals surface area contributed by atoms with Crippen molar-refractivity contribution in [3.8, 4) is 28.4 Å². The molecule has 0 unspecified atom stereocenters. The molecule has 4 atom stereocenters. The van der Waals surface area contributed by atoms with E-state index in [-0.39, 0.29) is 31.1 Å². The number of carbonyl (C=O) groups excluding carboxylic acids is 5. The average molecular weight is 861 g/mol. The van der Waals surface area contributed by atoms with E-state index in [0.717, 1.165) is 41.0 Å². The number of carbonyl (C=O) groups is 5. The number of benzene rings is 4. The standard InChI is InChI=1S/C49H48O14/c1-3-43(50)57-29-7-5-27-55-38-20-14-35(15-21-38)34-12-9-33(10-13-34)11-26-45(52)62-41-31-59-47-42(32-60-46(41)47)63-49(54)37-18-24-40(25-19-37)61-48(53)36-16-22-39(23-17-36)56-28-6-8-30-58-44(51)4-2/h3-4,9-26,41-42,46-47H,1-2,5-8,27-32H2/t41-,42+,46+,47+/m0/s1. The third kappa shape index (κ3) is 13.7. The SMILES string of the molecule is C=CC(=O)OCCCCOc1ccc(C(=O)Oc2ccc(C(=O)O[C@@H]3CO[C@H]4[C@@H]3OC[C@@H]4OC(=O)C=Cc3ccc(-c4ccc(OCCCCOC(=O)C=C)cc4)cc3)cc2)cc1. The smallest absolute Gasteiger partial charge is 0.343 e. The van der Waals surface area contributed by atoms with Gasteiger partial charge in [-0.05, 0) is 109 Å². The van der Waals surface area contributed by atoms with Gasteiger partial charge in [0.1, 0.15) is 29.5 Å². The van der Waals surface area contributed by atoms with Crippen LogP contribution >= 0.6 is 0 Å². The Morgan fingerprint density at radius 2 is 0.968 bits per heavy atom. The molecule has 328 valence electrons. The maximum atomic E-state index is 13.0. The van der Waals surface area contributed by atoms with E-state index in [1.54, 1.807) is 30.3 Å². The van der Waals surface area contributed by atoms with Gasteiger partial charge in [-0.25, -0.2) is 24.0 Å². The lowest BCUT2D eigenvalue weighted by molar-refractivity contribution is -0.147. The minimum Gasteiger partial charge on any atom is -0.494 e. The maximum absolute atomic E-state index is 13.0. The molecule has 4 aromatic carbocycles. The van der Waals surface area contributed by atoms with E-state index >= 15 is 0 Å². The molecule has 0 amide bonds. The molecule has 0 saturated carbocycles. The van der Waals surface area contributed by atoms with Gasteiger partial charge >= 0.3 is 29.8 Å². The van der Waals surface area contributed by atoms with Crippen molar-refractivity contribution in [2.45, 2.75) is 50.1 Å². The van der Waals surface area contributed by atoms with Crippen LogP contribution in [0.3, 0.4) is 0 Å². The van der Waals surface area contributed by atoms with Gasteiger partial charge in [0, 0.05) is 18.2 Å². The first-order valence-corrected chi connectivity index (χ1v) is 20.5. The van der Waals surface area contributed by atoms with Gasteiger partial charge in [0.15, 0.2) is 12.2 Å². The third-order valence-corrected chi connectivity index (χ3v) is 9.83. The highest BCUT2D eigenvalue weighted by Crippen LogP contribution is 2.32. The van der Waals surface area contributed by atoms with E-state index in [1.807, 2.05) is 48.5 Å². The first kappa shape index (κ1) is 45.5. The fraction of sp³-hybridized carbons (Fsp3) is 0.286. The van der Waals surface area contributed by atoms with Gasteiger partial charge in [0.2, 0.25) is 0 Å². The Labute approximate surface area is 364 Å². The topological polar surface area (TPSA) is 168 Å². The fourth-order valence-corrected chi connectivity index (χ4v) is 6.48. The Bertz CT molecular complexity index is 2210.